The number of piperidine rings is 2. The van der Waals surface area contributed by atoms with Crippen molar-refractivity contribution in [2.75, 3.05) is 26.7 Å². The summed E-state index contributed by atoms with van der Waals surface area (Å²) in [5.74, 6) is 1.13. The van der Waals surface area contributed by atoms with Crippen molar-refractivity contribution < 1.29 is 4.79 Å². The fraction of sp³-hybridized carbons (Fsp3) is 0.737. The third kappa shape index (κ3) is 3.06. The van der Waals surface area contributed by atoms with E-state index in [1.807, 2.05) is 19.2 Å². The van der Waals surface area contributed by atoms with Crippen LogP contribution in [0, 0.1) is 6.92 Å². The van der Waals surface area contributed by atoms with Crippen LogP contribution in [-0.4, -0.2) is 57.9 Å². The Bertz CT molecular complexity index is 609. The van der Waals surface area contributed by atoms with Gasteiger partial charge in [-0.05, 0) is 65.6 Å². The molecule has 1 aromatic rings. The molecule has 0 unspecified atom stereocenters. The van der Waals surface area contributed by atoms with Crippen molar-refractivity contribution in [3.8, 4) is 0 Å². The van der Waals surface area contributed by atoms with Crippen LogP contribution in [0.25, 0.3) is 0 Å². The van der Waals surface area contributed by atoms with Crippen molar-refractivity contribution >= 4 is 5.91 Å². The summed E-state index contributed by atoms with van der Waals surface area (Å²) in [7, 11) is 2.09. The minimum absolute atomic E-state index is 0.0455. The summed E-state index contributed by atoms with van der Waals surface area (Å²) < 4.78 is 0. The lowest BCUT2D eigenvalue weighted by molar-refractivity contribution is -0.146. The zero-order valence-corrected chi connectivity index (χ0v) is 15.5. The number of nitrogens with zero attached hydrogens (tertiary/aromatic N) is 4. The Labute approximate surface area is 145 Å². The molecule has 0 bridgehead atoms. The lowest BCUT2D eigenvalue weighted by atomic mass is 9.76. The van der Waals surface area contributed by atoms with Crippen LogP contribution in [0.4, 0.5) is 0 Å². The van der Waals surface area contributed by atoms with Gasteiger partial charge in [-0.15, -0.1) is 0 Å². The molecule has 5 nitrogen and oxygen atoms in total. The molecule has 24 heavy (non-hydrogen) atoms. The van der Waals surface area contributed by atoms with Gasteiger partial charge in [0.1, 0.15) is 5.82 Å². The van der Waals surface area contributed by atoms with E-state index < -0.39 is 0 Å². The van der Waals surface area contributed by atoms with Gasteiger partial charge in [0, 0.05) is 24.7 Å². The molecule has 1 aromatic heterocycles. The predicted molar refractivity (Wildman–Crippen MR) is 94.8 cm³/mol. The monoisotopic (exact) mass is 330 g/mol. The lowest BCUT2D eigenvalue weighted by Crippen LogP contribution is -2.60. The van der Waals surface area contributed by atoms with Crippen LogP contribution in [0.2, 0.25) is 0 Å². The summed E-state index contributed by atoms with van der Waals surface area (Å²) >= 11 is 0. The van der Waals surface area contributed by atoms with E-state index in [9.17, 15) is 4.79 Å². The molecule has 0 spiro atoms. The fourth-order valence-electron chi connectivity index (χ4n) is 4.12. The molecule has 0 radical (unpaired) electrons. The Morgan fingerprint density at radius 1 is 1.12 bits per heavy atom. The number of rotatable bonds is 2. The average Bonchev–Trinajstić information content (AvgIpc) is 2.58. The highest BCUT2D eigenvalue weighted by atomic mass is 16.2. The van der Waals surface area contributed by atoms with Crippen LogP contribution in [0.5, 0.6) is 0 Å². The lowest BCUT2D eigenvalue weighted by Gasteiger charge is -2.47. The number of likely N-dealkylation sites (tertiary alicyclic amines) is 2. The number of likely N-dealkylation sites (N-methyl/N-ethyl adjacent to an activating group) is 1. The summed E-state index contributed by atoms with van der Waals surface area (Å²) in [4.78, 5) is 26.3. The van der Waals surface area contributed by atoms with Gasteiger partial charge in [-0.2, -0.15) is 0 Å². The van der Waals surface area contributed by atoms with Gasteiger partial charge in [0.25, 0.3) is 0 Å². The Hall–Kier alpha value is -1.49. The van der Waals surface area contributed by atoms with E-state index in [2.05, 4.69) is 40.7 Å². The Morgan fingerprint density at radius 3 is 2.46 bits per heavy atom. The highest BCUT2D eigenvalue weighted by Gasteiger charge is 2.44. The first-order valence-corrected chi connectivity index (χ1v) is 9.16. The van der Waals surface area contributed by atoms with Crippen molar-refractivity contribution in [3.63, 3.8) is 0 Å². The molecule has 0 saturated carbocycles. The second-order valence-corrected chi connectivity index (χ2v) is 7.99. The quantitative estimate of drug-likeness (QED) is 0.836. The maximum Gasteiger partial charge on any atom is 0.242 e. The summed E-state index contributed by atoms with van der Waals surface area (Å²) in [6.45, 7) is 8.99. The van der Waals surface area contributed by atoms with Gasteiger partial charge in [-0.3, -0.25) is 9.69 Å². The van der Waals surface area contributed by atoms with Crippen LogP contribution in [0.15, 0.2) is 12.3 Å². The molecule has 132 valence electrons. The van der Waals surface area contributed by atoms with E-state index in [1.54, 1.807) is 0 Å². The molecule has 2 fully saturated rings. The summed E-state index contributed by atoms with van der Waals surface area (Å²) in [6, 6.07) is 2.03. The zero-order chi connectivity index (χ0) is 17.4. The van der Waals surface area contributed by atoms with Crippen LogP contribution < -0.4 is 0 Å². The van der Waals surface area contributed by atoms with Crippen LogP contribution in [0.1, 0.15) is 57.5 Å². The first-order chi connectivity index (χ1) is 11.3. The molecule has 2 aliphatic heterocycles. The molecular weight excluding hydrogens is 300 g/mol. The highest BCUT2D eigenvalue weighted by molar-refractivity contribution is 5.86. The SMILES string of the molecule is Cc1nccc(C2(C)CCN(C(=O)[C@@]3(C)CCCCN3C)CC2)n1. The van der Waals surface area contributed by atoms with Gasteiger partial charge in [-0.1, -0.05) is 6.92 Å². The molecule has 3 rings (SSSR count). The maximum atomic E-state index is 13.1. The predicted octanol–water partition coefficient (Wildman–Crippen LogP) is 2.54. The van der Waals surface area contributed by atoms with E-state index >= 15 is 0 Å². The molecule has 0 aromatic carbocycles. The molecular formula is C19H30N4O. The number of carbonyl (C=O) groups excluding carboxylic acids is 1. The standard InChI is InChI=1S/C19H30N4O/c1-15-20-11-7-16(21-15)18(2)9-13-23(14-10-18)17(24)19(3)8-5-6-12-22(19)4/h7,11H,5-6,8-10,12-14H2,1-4H3/t19-/m1/s1. The molecule has 2 saturated heterocycles. The smallest absolute Gasteiger partial charge is 0.242 e. The number of hydrogen-bond donors (Lipinski definition) is 0. The number of aromatic nitrogens is 2. The Kier molecular flexibility index (Phi) is 4.65. The van der Waals surface area contributed by atoms with Crippen LogP contribution in [0.3, 0.4) is 0 Å². The molecule has 1 atom stereocenters. The number of hydrogen-bond acceptors (Lipinski definition) is 4. The normalized spacial score (nSPS) is 27.9. The molecule has 3 heterocycles. The second-order valence-electron chi connectivity index (χ2n) is 7.99. The second kappa shape index (κ2) is 6.43. The largest absolute Gasteiger partial charge is 0.341 e. The maximum absolute atomic E-state index is 13.1. The number of carbonyl (C=O) groups is 1. The Balaban J connectivity index is 1.69. The van der Waals surface area contributed by atoms with E-state index in [-0.39, 0.29) is 11.0 Å². The third-order valence-electron chi connectivity index (χ3n) is 6.26. The topological polar surface area (TPSA) is 49.3 Å². The fourth-order valence-corrected chi connectivity index (χ4v) is 4.12. The zero-order valence-electron chi connectivity index (χ0n) is 15.5. The minimum Gasteiger partial charge on any atom is -0.341 e. The highest BCUT2D eigenvalue weighted by Crippen LogP contribution is 2.36. The van der Waals surface area contributed by atoms with E-state index in [0.29, 0.717) is 5.91 Å². The molecule has 0 aliphatic carbocycles. The summed E-state index contributed by atoms with van der Waals surface area (Å²) in [5, 5.41) is 0. The minimum atomic E-state index is -0.322. The summed E-state index contributed by atoms with van der Waals surface area (Å²) in [6.07, 6.45) is 7.10. The van der Waals surface area contributed by atoms with Crippen molar-refractivity contribution in [3.05, 3.63) is 23.8 Å². The van der Waals surface area contributed by atoms with Gasteiger partial charge in [0.15, 0.2) is 0 Å². The average molecular weight is 330 g/mol. The molecule has 1 amide bonds. The first kappa shape index (κ1) is 17.3. The van der Waals surface area contributed by atoms with Crippen LogP contribution >= 0.6 is 0 Å². The van der Waals surface area contributed by atoms with E-state index in [0.717, 1.165) is 56.8 Å². The van der Waals surface area contributed by atoms with Gasteiger partial charge in [0.2, 0.25) is 5.91 Å². The van der Waals surface area contributed by atoms with Crippen molar-refractivity contribution in [1.29, 1.82) is 0 Å². The van der Waals surface area contributed by atoms with Gasteiger partial charge < -0.3 is 4.90 Å². The Morgan fingerprint density at radius 2 is 1.83 bits per heavy atom. The van der Waals surface area contributed by atoms with Crippen LogP contribution in [-0.2, 0) is 10.2 Å². The first-order valence-electron chi connectivity index (χ1n) is 9.16. The van der Waals surface area contributed by atoms with Gasteiger partial charge >= 0.3 is 0 Å². The van der Waals surface area contributed by atoms with E-state index in [1.165, 1.54) is 6.42 Å². The van der Waals surface area contributed by atoms with Gasteiger partial charge in [-0.25, -0.2) is 9.97 Å². The molecule has 0 N–H and O–H groups in total. The third-order valence-corrected chi connectivity index (χ3v) is 6.26. The van der Waals surface area contributed by atoms with Crippen molar-refractivity contribution in [2.24, 2.45) is 0 Å². The molecule has 5 heteroatoms. The van der Waals surface area contributed by atoms with Gasteiger partial charge in [0.05, 0.1) is 11.2 Å². The number of aryl methyl sites for hydroxylation is 1. The van der Waals surface area contributed by atoms with Crippen molar-refractivity contribution in [2.45, 2.75) is 63.8 Å². The number of amides is 1. The van der Waals surface area contributed by atoms with Crippen molar-refractivity contribution in [1.82, 2.24) is 19.8 Å². The van der Waals surface area contributed by atoms with E-state index in [4.69, 9.17) is 0 Å². The molecule has 2 aliphatic rings. The summed E-state index contributed by atoms with van der Waals surface area (Å²) in [5.41, 5.74) is 0.838.